The summed E-state index contributed by atoms with van der Waals surface area (Å²) in [4.78, 5) is 31.5. The summed E-state index contributed by atoms with van der Waals surface area (Å²) >= 11 is 13.9. The fourth-order valence-electron chi connectivity index (χ4n) is 3.25. The van der Waals surface area contributed by atoms with Gasteiger partial charge in [0.05, 0.1) is 22.2 Å². The van der Waals surface area contributed by atoms with E-state index in [1.54, 1.807) is 42.5 Å². The van der Waals surface area contributed by atoms with Crippen molar-refractivity contribution in [2.24, 2.45) is 0 Å². The highest BCUT2D eigenvalue weighted by molar-refractivity contribution is 7.13. The number of thiazole rings is 1. The van der Waals surface area contributed by atoms with E-state index in [0.29, 0.717) is 44.1 Å². The minimum atomic E-state index is -0.200. The first-order valence-electron chi connectivity index (χ1n) is 10.7. The summed E-state index contributed by atoms with van der Waals surface area (Å²) in [5.41, 5.74) is 2.47. The van der Waals surface area contributed by atoms with E-state index in [1.165, 1.54) is 11.3 Å². The van der Waals surface area contributed by atoms with Crippen molar-refractivity contribution < 1.29 is 9.59 Å². The summed E-state index contributed by atoms with van der Waals surface area (Å²) < 4.78 is 0. The highest BCUT2D eigenvalue weighted by Gasteiger charge is 2.14. The molecule has 33 heavy (non-hydrogen) atoms. The molecular formula is C24H26Cl2N4O2S. The maximum atomic E-state index is 12.5. The zero-order chi connectivity index (χ0) is 23.8. The number of amides is 2. The van der Waals surface area contributed by atoms with E-state index < -0.39 is 0 Å². The molecule has 2 amide bonds. The molecule has 0 spiro atoms. The predicted octanol–water partition coefficient (Wildman–Crippen LogP) is 5.37. The number of halogens is 2. The lowest BCUT2D eigenvalue weighted by molar-refractivity contribution is -0.115. The van der Waals surface area contributed by atoms with Crippen LogP contribution >= 0.6 is 34.5 Å². The Labute approximate surface area is 207 Å². The molecule has 9 heteroatoms. The summed E-state index contributed by atoms with van der Waals surface area (Å²) in [6.45, 7) is 7.51. The van der Waals surface area contributed by atoms with E-state index in [4.69, 9.17) is 23.2 Å². The third kappa shape index (κ3) is 7.01. The van der Waals surface area contributed by atoms with Crippen LogP contribution in [0.1, 0.15) is 29.9 Å². The van der Waals surface area contributed by atoms with E-state index >= 15 is 0 Å². The van der Waals surface area contributed by atoms with Gasteiger partial charge < -0.3 is 15.5 Å². The molecule has 0 saturated heterocycles. The molecule has 174 valence electrons. The van der Waals surface area contributed by atoms with Crippen LogP contribution in [0.2, 0.25) is 10.0 Å². The number of carbonyl (C=O) groups excluding carboxylic acids is 2. The smallest absolute Gasteiger partial charge is 0.251 e. The van der Waals surface area contributed by atoms with Gasteiger partial charge in [0.15, 0.2) is 0 Å². The quantitative estimate of drug-likeness (QED) is 0.389. The molecule has 2 N–H and O–H groups in total. The number of hydrogen-bond acceptors (Lipinski definition) is 5. The van der Waals surface area contributed by atoms with Gasteiger partial charge in [0, 0.05) is 35.3 Å². The number of anilines is 1. The molecule has 0 saturated carbocycles. The molecule has 0 aliphatic carbocycles. The van der Waals surface area contributed by atoms with Gasteiger partial charge in [-0.3, -0.25) is 9.59 Å². The summed E-state index contributed by atoms with van der Waals surface area (Å²) in [5.74, 6) is -0.332. The summed E-state index contributed by atoms with van der Waals surface area (Å²) in [6, 6.07) is 12.1. The van der Waals surface area contributed by atoms with Gasteiger partial charge >= 0.3 is 0 Å². The number of nitrogens with one attached hydrogen (secondary N) is 2. The van der Waals surface area contributed by atoms with Gasteiger partial charge in [0.1, 0.15) is 5.01 Å². The third-order valence-electron chi connectivity index (χ3n) is 5.11. The van der Waals surface area contributed by atoms with Crippen LogP contribution < -0.4 is 10.6 Å². The molecule has 2 aromatic carbocycles. The van der Waals surface area contributed by atoms with Crippen molar-refractivity contribution in [3.05, 3.63) is 69.1 Å². The van der Waals surface area contributed by atoms with Crippen LogP contribution in [0.4, 0.5) is 5.69 Å². The maximum Gasteiger partial charge on any atom is 0.251 e. The molecule has 1 aromatic heterocycles. The van der Waals surface area contributed by atoms with Crippen molar-refractivity contribution >= 4 is 52.0 Å². The Hall–Kier alpha value is -2.45. The molecule has 0 atom stereocenters. The van der Waals surface area contributed by atoms with Crippen molar-refractivity contribution in [3.63, 3.8) is 0 Å². The van der Waals surface area contributed by atoms with Gasteiger partial charge in [-0.25, -0.2) is 4.98 Å². The van der Waals surface area contributed by atoms with Gasteiger partial charge in [-0.1, -0.05) is 43.1 Å². The van der Waals surface area contributed by atoms with Crippen LogP contribution in [0.15, 0.2) is 47.8 Å². The van der Waals surface area contributed by atoms with Crippen molar-refractivity contribution in [3.8, 4) is 10.6 Å². The van der Waals surface area contributed by atoms with Crippen LogP contribution in [0, 0.1) is 0 Å². The van der Waals surface area contributed by atoms with Crippen molar-refractivity contribution in [2.75, 3.05) is 31.5 Å². The number of hydrogen-bond donors (Lipinski definition) is 2. The first-order chi connectivity index (χ1) is 15.9. The van der Waals surface area contributed by atoms with E-state index in [0.717, 1.165) is 19.6 Å². The number of aromatic nitrogens is 1. The fourth-order valence-corrected chi connectivity index (χ4v) is 4.83. The minimum absolute atomic E-state index is 0.117. The first-order valence-corrected chi connectivity index (χ1v) is 12.3. The Morgan fingerprint density at radius 3 is 2.33 bits per heavy atom. The molecule has 3 rings (SSSR count). The van der Waals surface area contributed by atoms with Gasteiger partial charge in [0.2, 0.25) is 5.91 Å². The standard InChI is InChI=1S/C24H26Cl2N4O2S/c1-3-30(4-2)13-12-27-23(32)16-8-10-17(11-9-16)28-21(31)14-18-15-33-24(29-18)22-19(25)6-5-7-20(22)26/h5-11,15H,3-4,12-14H2,1-2H3,(H,27,32)(H,28,31). The Bertz CT molecular complexity index is 1080. The van der Waals surface area contributed by atoms with Crippen molar-refractivity contribution in [1.29, 1.82) is 0 Å². The Balaban J connectivity index is 1.53. The molecule has 0 aliphatic rings. The maximum absolute atomic E-state index is 12.5. The second-order valence-corrected chi connectivity index (χ2v) is 9.00. The third-order valence-corrected chi connectivity index (χ3v) is 6.65. The van der Waals surface area contributed by atoms with Crippen LogP contribution in [-0.2, 0) is 11.2 Å². The molecule has 6 nitrogen and oxygen atoms in total. The van der Waals surface area contributed by atoms with Crippen molar-refractivity contribution in [2.45, 2.75) is 20.3 Å². The van der Waals surface area contributed by atoms with Crippen LogP contribution in [-0.4, -0.2) is 47.9 Å². The number of carbonyl (C=O) groups is 2. The molecule has 0 unspecified atom stereocenters. The topological polar surface area (TPSA) is 74.3 Å². The lowest BCUT2D eigenvalue weighted by Crippen LogP contribution is -2.34. The monoisotopic (exact) mass is 504 g/mol. The van der Waals surface area contributed by atoms with E-state index in [9.17, 15) is 9.59 Å². The predicted molar refractivity (Wildman–Crippen MR) is 136 cm³/mol. The highest BCUT2D eigenvalue weighted by Crippen LogP contribution is 2.36. The SMILES string of the molecule is CCN(CC)CCNC(=O)c1ccc(NC(=O)Cc2csc(-c3c(Cl)cccc3Cl)n2)cc1. The van der Waals surface area contributed by atoms with Crippen LogP contribution in [0.3, 0.4) is 0 Å². The Morgan fingerprint density at radius 2 is 1.70 bits per heavy atom. The molecular weight excluding hydrogens is 479 g/mol. The van der Waals surface area contributed by atoms with E-state index in [-0.39, 0.29) is 18.2 Å². The highest BCUT2D eigenvalue weighted by atomic mass is 35.5. The molecule has 0 fully saturated rings. The second kappa shape index (κ2) is 12.1. The lowest BCUT2D eigenvalue weighted by Gasteiger charge is -2.17. The average Bonchev–Trinajstić information content (AvgIpc) is 3.24. The fraction of sp³-hybridized carbons (Fsp3) is 0.292. The molecule has 3 aromatic rings. The normalized spacial score (nSPS) is 10.9. The molecule has 1 heterocycles. The number of likely N-dealkylation sites (N-methyl/N-ethyl adjacent to an activating group) is 1. The zero-order valence-corrected chi connectivity index (χ0v) is 20.9. The number of rotatable bonds is 10. The largest absolute Gasteiger partial charge is 0.351 e. The van der Waals surface area contributed by atoms with E-state index in [2.05, 4.69) is 34.4 Å². The number of benzene rings is 2. The Morgan fingerprint density at radius 1 is 1.03 bits per heavy atom. The molecule has 0 aliphatic heterocycles. The number of nitrogens with zero attached hydrogens (tertiary/aromatic N) is 2. The lowest BCUT2D eigenvalue weighted by atomic mass is 10.2. The second-order valence-electron chi connectivity index (χ2n) is 7.33. The van der Waals surface area contributed by atoms with Crippen molar-refractivity contribution in [1.82, 2.24) is 15.2 Å². The van der Waals surface area contributed by atoms with E-state index in [1.807, 2.05) is 5.38 Å². The molecule has 0 radical (unpaired) electrons. The van der Waals surface area contributed by atoms with Gasteiger partial charge in [-0.2, -0.15) is 0 Å². The first kappa shape index (κ1) is 25.2. The summed E-state index contributed by atoms with van der Waals surface area (Å²) in [5, 5.41) is 9.29. The van der Waals surface area contributed by atoms with Crippen LogP contribution in [0.25, 0.3) is 10.6 Å². The van der Waals surface area contributed by atoms with Crippen LogP contribution in [0.5, 0.6) is 0 Å². The summed E-state index contributed by atoms with van der Waals surface area (Å²) in [6.07, 6.45) is 0.117. The van der Waals surface area contributed by atoms with Gasteiger partial charge in [0.25, 0.3) is 5.91 Å². The average molecular weight is 505 g/mol. The van der Waals surface area contributed by atoms with Gasteiger partial charge in [-0.05, 0) is 49.5 Å². The van der Waals surface area contributed by atoms with Gasteiger partial charge in [-0.15, -0.1) is 11.3 Å². The molecule has 0 bridgehead atoms. The zero-order valence-electron chi connectivity index (χ0n) is 18.5. The summed E-state index contributed by atoms with van der Waals surface area (Å²) in [7, 11) is 0. The Kier molecular flexibility index (Phi) is 9.26. The minimum Gasteiger partial charge on any atom is -0.351 e.